The second-order valence-corrected chi connectivity index (χ2v) is 5.30. The molecule has 0 saturated heterocycles. The lowest BCUT2D eigenvalue weighted by molar-refractivity contribution is 0.215. The van der Waals surface area contributed by atoms with E-state index in [1.54, 1.807) is 11.1 Å². The number of hydrogen-bond donors (Lipinski definition) is 3. The van der Waals surface area contributed by atoms with Gasteiger partial charge in [0, 0.05) is 24.9 Å². The number of aliphatic hydroxyl groups excluding tert-OH is 1. The highest BCUT2D eigenvalue weighted by molar-refractivity contribution is 9.11. The first-order valence-electron chi connectivity index (χ1n) is 6.05. The zero-order valence-electron chi connectivity index (χ0n) is 10.3. The highest BCUT2D eigenvalue weighted by Crippen LogP contribution is 2.32. The van der Waals surface area contributed by atoms with Gasteiger partial charge in [-0.15, -0.1) is 0 Å². The SMILES string of the molecule is NC1C[C@H](n2cc(/C=C/Br)c(=O)[nH]c2=O)C[C@@H]1CO. The van der Waals surface area contributed by atoms with Crippen molar-refractivity contribution in [3.63, 3.8) is 0 Å². The van der Waals surface area contributed by atoms with Gasteiger partial charge in [0.05, 0.1) is 5.56 Å². The number of nitrogens with one attached hydrogen (secondary N) is 1. The Labute approximate surface area is 118 Å². The minimum atomic E-state index is -0.437. The van der Waals surface area contributed by atoms with Crippen LogP contribution in [0.15, 0.2) is 20.8 Å². The van der Waals surface area contributed by atoms with Gasteiger partial charge in [-0.1, -0.05) is 15.9 Å². The van der Waals surface area contributed by atoms with E-state index in [0.717, 1.165) is 0 Å². The predicted octanol–water partition coefficient (Wildman–Crippen LogP) is 0.173. The molecule has 19 heavy (non-hydrogen) atoms. The summed E-state index contributed by atoms with van der Waals surface area (Å²) in [5.74, 6) is -0.000930. The van der Waals surface area contributed by atoms with Crippen LogP contribution in [-0.4, -0.2) is 27.3 Å². The number of nitrogens with two attached hydrogens (primary N) is 1. The number of H-pyrrole nitrogens is 1. The van der Waals surface area contributed by atoms with Crippen molar-refractivity contribution in [3.8, 4) is 0 Å². The van der Waals surface area contributed by atoms with Crippen molar-refractivity contribution in [2.45, 2.75) is 24.9 Å². The quantitative estimate of drug-likeness (QED) is 0.735. The molecule has 1 unspecified atom stereocenters. The fourth-order valence-electron chi connectivity index (χ4n) is 2.52. The minimum Gasteiger partial charge on any atom is -0.396 e. The van der Waals surface area contributed by atoms with E-state index < -0.39 is 11.2 Å². The van der Waals surface area contributed by atoms with E-state index in [1.807, 2.05) is 0 Å². The molecule has 0 spiro atoms. The van der Waals surface area contributed by atoms with E-state index >= 15 is 0 Å². The van der Waals surface area contributed by atoms with Crippen LogP contribution in [0.2, 0.25) is 0 Å². The first-order chi connectivity index (χ1) is 9.06. The van der Waals surface area contributed by atoms with Crippen molar-refractivity contribution in [3.05, 3.63) is 37.6 Å². The first-order valence-corrected chi connectivity index (χ1v) is 6.97. The van der Waals surface area contributed by atoms with Crippen molar-refractivity contribution < 1.29 is 5.11 Å². The van der Waals surface area contributed by atoms with Crippen molar-refractivity contribution >= 4 is 22.0 Å². The lowest BCUT2D eigenvalue weighted by Crippen LogP contribution is -2.33. The summed E-state index contributed by atoms with van der Waals surface area (Å²) in [7, 11) is 0. The maximum atomic E-state index is 11.9. The van der Waals surface area contributed by atoms with Crippen molar-refractivity contribution in [1.82, 2.24) is 9.55 Å². The molecule has 0 aliphatic heterocycles. The number of hydrogen-bond acceptors (Lipinski definition) is 4. The summed E-state index contributed by atoms with van der Waals surface area (Å²) in [5.41, 5.74) is 5.47. The smallest absolute Gasteiger partial charge is 0.328 e. The molecule has 1 fully saturated rings. The van der Waals surface area contributed by atoms with Crippen LogP contribution in [0.25, 0.3) is 6.08 Å². The molecule has 1 aromatic heterocycles. The van der Waals surface area contributed by atoms with Crippen LogP contribution in [0.5, 0.6) is 0 Å². The van der Waals surface area contributed by atoms with Crippen LogP contribution in [-0.2, 0) is 0 Å². The Kier molecular flexibility index (Phi) is 4.38. The summed E-state index contributed by atoms with van der Waals surface area (Å²) in [6.45, 7) is 0.0178. The molecule has 3 atom stereocenters. The van der Waals surface area contributed by atoms with Gasteiger partial charge < -0.3 is 10.8 Å². The molecule has 0 radical (unpaired) electrons. The molecular weight excluding hydrogens is 314 g/mol. The molecule has 1 heterocycles. The van der Waals surface area contributed by atoms with Gasteiger partial charge in [-0.25, -0.2) is 4.79 Å². The van der Waals surface area contributed by atoms with Gasteiger partial charge in [0.15, 0.2) is 0 Å². The van der Waals surface area contributed by atoms with E-state index in [4.69, 9.17) is 5.73 Å². The van der Waals surface area contributed by atoms with E-state index in [9.17, 15) is 14.7 Å². The molecule has 1 aliphatic carbocycles. The zero-order chi connectivity index (χ0) is 14.0. The topological polar surface area (TPSA) is 101 Å². The third kappa shape index (κ3) is 2.88. The summed E-state index contributed by atoms with van der Waals surface area (Å²) in [5, 5.41) is 9.21. The second kappa shape index (κ2) is 5.85. The zero-order valence-corrected chi connectivity index (χ0v) is 11.8. The number of aliphatic hydroxyl groups is 1. The van der Waals surface area contributed by atoms with Gasteiger partial charge in [0.2, 0.25) is 0 Å². The van der Waals surface area contributed by atoms with Crippen molar-refractivity contribution in [2.24, 2.45) is 11.7 Å². The summed E-state index contributed by atoms with van der Waals surface area (Å²) < 4.78 is 1.50. The minimum absolute atomic E-state index is 0.000930. The Morgan fingerprint density at radius 2 is 2.26 bits per heavy atom. The number of aromatic nitrogens is 2. The molecule has 7 heteroatoms. The fourth-order valence-corrected chi connectivity index (χ4v) is 2.81. The average molecular weight is 330 g/mol. The third-order valence-corrected chi connectivity index (χ3v) is 3.85. The van der Waals surface area contributed by atoms with Gasteiger partial charge in [-0.3, -0.25) is 14.3 Å². The van der Waals surface area contributed by atoms with E-state index in [0.29, 0.717) is 18.4 Å². The maximum Gasteiger partial charge on any atom is 0.328 e. The van der Waals surface area contributed by atoms with Crippen LogP contribution < -0.4 is 17.0 Å². The number of rotatable bonds is 3. The van der Waals surface area contributed by atoms with Crippen LogP contribution in [0.3, 0.4) is 0 Å². The average Bonchev–Trinajstić information content (AvgIpc) is 2.74. The summed E-state index contributed by atoms with van der Waals surface area (Å²) >= 11 is 3.10. The molecule has 4 N–H and O–H groups in total. The molecule has 104 valence electrons. The van der Waals surface area contributed by atoms with Crippen molar-refractivity contribution in [2.75, 3.05) is 6.61 Å². The first kappa shape index (κ1) is 14.2. The van der Waals surface area contributed by atoms with Crippen LogP contribution in [0.1, 0.15) is 24.4 Å². The Hall–Kier alpha value is -1.18. The number of aromatic amines is 1. The van der Waals surface area contributed by atoms with E-state index in [-0.39, 0.29) is 24.6 Å². The van der Waals surface area contributed by atoms with Gasteiger partial charge >= 0.3 is 5.69 Å². The number of nitrogens with zero attached hydrogens (tertiary/aromatic N) is 1. The molecular formula is C12H16BrN3O3. The van der Waals surface area contributed by atoms with E-state index in [2.05, 4.69) is 20.9 Å². The van der Waals surface area contributed by atoms with Crippen LogP contribution in [0, 0.1) is 5.92 Å². The Balaban J connectivity index is 2.38. The Bertz CT molecular complexity index is 593. The summed E-state index contributed by atoms with van der Waals surface area (Å²) in [4.78, 5) is 27.3. The second-order valence-electron chi connectivity index (χ2n) is 4.78. The molecule has 1 aromatic rings. The molecule has 0 aromatic carbocycles. The van der Waals surface area contributed by atoms with Gasteiger partial charge in [-0.2, -0.15) is 0 Å². The molecule has 6 nitrogen and oxygen atoms in total. The lowest BCUT2D eigenvalue weighted by Gasteiger charge is -2.13. The number of halogens is 1. The third-order valence-electron chi connectivity index (χ3n) is 3.59. The fraction of sp³-hybridized carbons (Fsp3) is 0.500. The summed E-state index contributed by atoms with van der Waals surface area (Å²) in [6, 6.07) is -0.206. The molecule has 1 saturated carbocycles. The van der Waals surface area contributed by atoms with Gasteiger partial charge in [-0.05, 0) is 29.8 Å². The van der Waals surface area contributed by atoms with Gasteiger partial charge in [0.1, 0.15) is 0 Å². The molecule has 0 bridgehead atoms. The standard InChI is InChI=1S/C12H16BrN3O3/c13-2-1-7-5-16(12(19)15-11(7)18)9-3-8(6-17)10(14)4-9/h1-2,5,8-10,17H,3-4,6,14H2,(H,15,18,19)/b2-1+/t8-,9-,10?/m1/s1. The monoisotopic (exact) mass is 329 g/mol. The highest BCUT2D eigenvalue weighted by atomic mass is 79.9. The maximum absolute atomic E-state index is 11.9. The largest absolute Gasteiger partial charge is 0.396 e. The summed E-state index contributed by atoms with van der Waals surface area (Å²) in [6.07, 6.45) is 4.37. The molecule has 1 aliphatic rings. The Morgan fingerprint density at radius 3 is 2.84 bits per heavy atom. The lowest BCUT2D eigenvalue weighted by atomic mass is 10.1. The predicted molar refractivity (Wildman–Crippen MR) is 76.1 cm³/mol. The molecule has 2 rings (SSSR count). The highest BCUT2D eigenvalue weighted by Gasteiger charge is 2.32. The van der Waals surface area contributed by atoms with Crippen molar-refractivity contribution in [1.29, 1.82) is 0 Å². The van der Waals surface area contributed by atoms with E-state index in [1.165, 1.54) is 10.8 Å². The van der Waals surface area contributed by atoms with Crippen LogP contribution >= 0.6 is 15.9 Å². The molecule has 0 amide bonds. The normalized spacial score (nSPS) is 27.2. The Morgan fingerprint density at radius 1 is 1.53 bits per heavy atom. The van der Waals surface area contributed by atoms with Crippen LogP contribution in [0.4, 0.5) is 0 Å². The van der Waals surface area contributed by atoms with Gasteiger partial charge in [0.25, 0.3) is 5.56 Å².